The van der Waals surface area contributed by atoms with Gasteiger partial charge in [0.25, 0.3) is 0 Å². The molecule has 0 aromatic heterocycles. The summed E-state index contributed by atoms with van der Waals surface area (Å²) in [7, 11) is 0. The second kappa shape index (κ2) is 20.1. The largest absolute Gasteiger partial charge is 0.0888 e. The third-order valence-electron chi connectivity index (χ3n) is 5.66. The first-order valence-corrected chi connectivity index (χ1v) is 11.9. The van der Waals surface area contributed by atoms with Crippen LogP contribution in [0, 0.1) is 11.8 Å². The molecule has 0 rings (SSSR count). The summed E-state index contributed by atoms with van der Waals surface area (Å²) in [5.41, 5.74) is 0. The van der Waals surface area contributed by atoms with Crippen molar-refractivity contribution in [1.29, 1.82) is 0 Å². The van der Waals surface area contributed by atoms with E-state index in [4.69, 9.17) is 0 Å². The molecular formula is C25H50. The van der Waals surface area contributed by atoms with Crippen LogP contribution < -0.4 is 0 Å². The van der Waals surface area contributed by atoms with Gasteiger partial charge in [-0.25, -0.2) is 0 Å². The molecule has 0 saturated heterocycles. The molecule has 0 radical (unpaired) electrons. The Kier molecular flexibility index (Phi) is 19.8. The van der Waals surface area contributed by atoms with Gasteiger partial charge < -0.3 is 0 Å². The number of hydrogen-bond acceptors (Lipinski definition) is 0. The number of hydrogen-bond donors (Lipinski definition) is 0. The van der Waals surface area contributed by atoms with Gasteiger partial charge in [-0.3, -0.25) is 0 Å². The summed E-state index contributed by atoms with van der Waals surface area (Å²) >= 11 is 0. The maximum absolute atomic E-state index is 2.47. The Morgan fingerprint density at radius 3 is 1.48 bits per heavy atom. The van der Waals surface area contributed by atoms with Crippen molar-refractivity contribution in [3.05, 3.63) is 12.2 Å². The fraction of sp³-hybridized carbons (Fsp3) is 0.920. The minimum atomic E-state index is 0.944. The lowest BCUT2D eigenvalue weighted by Gasteiger charge is -2.13. The number of rotatable bonds is 19. The summed E-state index contributed by atoms with van der Waals surface area (Å²) in [5, 5.41) is 0. The third-order valence-corrected chi connectivity index (χ3v) is 5.66. The van der Waals surface area contributed by atoms with Gasteiger partial charge in [-0.05, 0) is 31.1 Å². The lowest BCUT2D eigenvalue weighted by molar-refractivity contribution is 0.401. The van der Waals surface area contributed by atoms with Crippen LogP contribution in [0.4, 0.5) is 0 Å². The van der Waals surface area contributed by atoms with Crippen molar-refractivity contribution in [2.75, 3.05) is 0 Å². The highest BCUT2D eigenvalue weighted by Crippen LogP contribution is 2.21. The molecule has 0 N–H and O–H groups in total. The molecule has 0 nitrogen and oxygen atoms in total. The van der Waals surface area contributed by atoms with E-state index < -0.39 is 0 Å². The van der Waals surface area contributed by atoms with Gasteiger partial charge in [-0.1, -0.05) is 130 Å². The smallest absolute Gasteiger partial charge is 0.0351 e. The summed E-state index contributed by atoms with van der Waals surface area (Å²) in [5.74, 6) is 1.90. The first-order valence-electron chi connectivity index (χ1n) is 11.9. The summed E-state index contributed by atoms with van der Waals surface area (Å²) in [6.45, 7) is 9.46. The Morgan fingerprint density at radius 2 is 0.960 bits per heavy atom. The quantitative estimate of drug-likeness (QED) is 0.161. The van der Waals surface area contributed by atoms with Gasteiger partial charge in [-0.2, -0.15) is 0 Å². The first kappa shape index (κ1) is 24.7. The molecule has 0 aliphatic carbocycles. The van der Waals surface area contributed by atoms with E-state index in [2.05, 4.69) is 39.8 Å². The van der Waals surface area contributed by atoms with Crippen molar-refractivity contribution in [3.8, 4) is 0 Å². The Balaban J connectivity index is 3.32. The van der Waals surface area contributed by atoms with E-state index in [1.807, 2.05) is 0 Å². The zero-order valence-electron chi connectivity index (χ0n) is 18.3. The summed E-state index contributed by atoms with van der Waals surface area (Å²) in [4.78, 5) is 0. The molecule has 0 aromatic rings. The Morgan fingerprint density at radius 1 is 0.520 bits per heavy atom. The Bertz CT molecular complexity index is 265. The molecular weight excluding hydrogens is 300 g/mol. The van der Waals surface area contributed by atoms with Crippen molar-refractivity contribution in [2.45, 2.75) is 137 Å². The molecule has 0 heteroatoms. The highest BCUT2D eigenvalue weighted by Gasteiger charge is 2.05. The molecule has 0 heterocycles. The predicted molar refractivity (Wildman–Crippen MR) is 117 cm³/mol. The SMILES string of the molecule is CC/C=C/CCCCCC(C)CCCCC(C)CCCCCCCC. The molecule has 0 aliphatic rings. The molecule has 0 amide bonds. The first-order chi connectivity index (χ1) is 12.2. The van der Waals surface area contributed by atoms with Crippen LogP contribution in [0.2, 0.25) is 0 Å². The van der Waals surface area contributed by atoms with Crippen LogP contribution in [-0.2, 0) is 0 Å². The topological polar surface area (TPSA) is 0 Å². The third kappa shape index (κ3) is 19.9. The van der Waals surface area contributed by atoms with Gasteiger partial charge in [0.05, 0.1) is 0 Å². The molecule has 2 unspecified atom stereocenters. The van der Waals surface area contributed by atoms with Crippen LogP contribution in [-0.4, -0.2) is 0 Å². The van der Waals surface area contributed by atoms with Crippen LogP contribution in [0.1, 0.15) is 137 Å². The van der Waals surface area contributed by atoms with Crippen molar-refractivity contribution >= 4 is 0 Å². The fourth-order valence-corrected chi connectivity index (χ4v) is 3.76. The number of unbranched alkanes of at least 4 members (excludes halogenated alkanes) is 9. The fourth-order valence-electron chi connectivity index (χ4n) is 3.76. The van der Waals surface area contributed by atoms with Crippen molar-refractivity contribution in [1.82, 2.24) is 0 Å². The molecule has 25 heavy (non-hydrogen) atoms. The van der Waals surface area contributed by atoms with E-state index in [9.17, 15) is 0 Å². The Labute approximate surface area is 161 Å². The van der Waals surface area contributed by atoms with Crippen LogP contribution >= 0.6 is 0 Å². The lowest BCUT2D eigenvalue weighted by atomic mass is 9.93. The van der Waals surface area contributed by atoms with Gasteiger partial charge in [-0.15, -0.1) is 0 Å². The average molecular weight is 351 g/mol. The zero-order chi connectivity index (χ0) is 18.6. The molecule has 0 spiro atoms. The Hall–Kier alpha value is -0.260. The highest BCUT2D eigenvalue weighted by atomic mass is 14.1. The van der Waals surface area contributed by atoms with Gasteiger partial charge >= 0.3 is 0 Å². The number of allylic oxidation sites excluding steroid dienone is 2. The molecule has 0 bridgehead atoms. The summed E-state index contributed by atoms with van der Waals surface area (Å²) in [6.07, 6.45) is 28.8. The summed E-state index contributed by atoms with van der Waals surface area (Å²) in [6, 6.07) is 0. The van der Waals surface area contributed by atoms with E-state index in [-0.39, 0.29) is 0 Å². The van der Waals surface area contributed by atoms with Gasteiger partial charge in [0.2, 0.25) is 0 Å². The zero-order valence-corrected chi connectivity index (χ0v) is 18.3. The minimum absolute atomic E-state index is 0.944. The van der Waals surface area contributed by atoms with Crippen molar-refractivity contribution in [2.24, 2.45) is 11.8 Å². The van der Waals surface area contributed by atoms with Crippen LogP contribution in [0.15, 0.2) is 12.2 Å². The standard InChI is InChI=1S/C25H50/c1-5-7-9-11-13-15-17-21-25(4)23-19-18-22-24(3)20-16-14-12-10-8-6-2/h7,9,24-25H,5-6,8,10-23H2,1-4H3/b9-7+. The van der Waals surface area contributed by atoms with Crippen LogP contribution in [0.5, 0.6) is 0 Å². The molecule has 150 valence electrons. The van der Waals surface area contributed by atoms with Crippen molar-refractivity contribution in [3.63, 3.8) is 0 Å². The van der Waals surface area contributed by atoms with E-state index in [0.29, 0.717) is 0 Å². The average Bonchev–Trinajstić information content (AvgIpc) is 2.61. The van der Waals surface area contributed by atoms with Gasteiger partial charge in [0.1, 0.15) is 0 Å². The second-order valence-corrected chi connectivity index (χ2v) is 8.57. The van der Waals surface area contributed by atoms with Gasteiger partial charge in [0.15, 0.2) is 0 Å². The molecule has 0 saturated carbocycles. The molecule has 0 fully saturated rings. The molecule has 2 atom stereocenters. The molecule has 0 aliphatic heterocycles. The predicted octanol–water partition coefficient (Wildman–Crippen LogP) is 9.49. The minimum Gasteiger partial charge on any atom is -0.0888 e. The van der Waals surface area contributed by atoms with E-state index in [1.165, 1.54) is 109 Å². The lowest BCUT2D eigenvalue weighted by Crippen LogP contribution is -1.98. The maximum Gasteiger partial charge on any atom is -0.0351 e. The van der Waals surface area contributed by atoms with Crippen LogP contribution in [0.3, 0.4) is 0 Å². The van der Waals surface area contributed by atoms with E-state index in [0.717, 1.165) is 11.8 Å². The van der Waals surface area contributed by atoms with E-state index in [1.54, 1.807) is 0 Å². The second-order valence-electron chi connectivity index (χ2n) is 8.57. The normalized spacial score (nSPS) is 14.2. The maximum atomic E-state index is 2.47. The van der Waals surface area contributed by atoms with Crippen molar-refractivity contribution < 1.29 is 0 Å². The summed E-state index contributed by atoms with van der Waals surface area (Å²) < 4.78 is 0. The highest BCUT2D eigenvalue weighted by molar-refractivity contribution is 4.79. The molecule has 0 aromatic carbocycles. The monoisotopic (exact) mass is 350 g/mol. The van der Waals surface area contributed by atoms with Gasteiger partial charge in [0, 0.05) is 0 Å². The van der Waals surface area contributed by atoms with E-state index >= 15 is 0 Å². The van der Waals surface area contributed by atoms with Crippen LogP contribution in [0.25, 0.3) is 0 Å².